The van der Waals surface area contributed by atoms with Crippen molar-refractivity contribution in [2.24, 2.45) is 7.05 Å². The van der Waals surface area contributed by atoms with Crippen LogP contribution in [0.25, 0.3) is 0 Å². The number of benzene rings is 1. The van der Waals surface area contributed by atoms with E-state index in [1.807, 2.05) is 37.3 Å². The quantitative estimate of drug-likeness (QED) is 0.856. The van der Waals surface area contributed by atoms with Gasteiger partial charge in [0.25, 0.3) is 5.91 Å². The lowest BCUT2D eigenvalue weighted by Crippen LogP contribution is -2.39. The molecule has 0 radical (unpaired) electrons. The minimum absolute atomic E-state index is 0.0997. The number of nitrogens with one attached hydrogen (secondary N) is 1. The Balaban J connectivity index is 2.03. The predicted molar refractivity (Wildman–Crippen MR) is 76.4 cm³/mol. The van der Waals surface area contributed by atoms with Gasteiger partial charge in [-0.1, -0.05) is 30.3 Å². The Bertz CT molecular complexity index is 578. The van der Waals surface area contributed by atoms with Crippen LogP contribution in [-0.4, -0.2) is 33.4 Å². The van der Waals surface area contributed by atoms with E-state index in [1.165, 1.54) is 0 Å². The Morgan fingerprint density at radius 1 is 1.40 bits per heavy atom. The minimum Gasteiger partial charge on any atom is -0.394 e. The summed E-state index contributed by atoms with van der Waals surface area (Å²) in [5.41, 5.74) is 2.36. The molecular weight excluding hydrogens is 254 g/mol. The van der Waals surface area contributed by atoms with E-state index < -0.39 is 0 Å². The van der Waals surface area contributed by atoms with Crippen LogP contribution in [0.2, 0.25) is 0 Å². The van der Waals surface area contributed by atoms with Crippen LogP contribution in [0.15, 0.2) is 36.4 Å². The number of aliphatic hydroxyl groups excluding tert-OH is 1. The lowest BCUT2D eigenvalue weighted by atomic mass is 10.1. The van der Waals surface area contributed by atoms with Crippen LogP contribution in [0.1, 0.15) is 21.7 Å². The van der Waals surface area contributed by atoms with Gasteiger partial charge >= 0.3 is 0 Å². The van der Waals surface area contributed by atoms with Crippen LogP contribution >= 0.6 is 0 Å². The summed E-state index contributed by atoms with van der Waals surface area (Å²) in [6, 6.07) is 11.2. The van der Waals surface area contributed by atoms with Crippen molar-refractivity contribution < 1.29 is 9.90 Å². The van der Waals surface area contributed by atoms with Crippen molar-refractivity contribution in [1.82, 2.24) is 15.1 Å². The molecule has 1 atom stereocenters. The molecule has 1 aromatic heterocycles. The average Bonchev–Trinajstić information content (AvgIpc) is 2.78. The maximum absolute atomic E-state index is 12.2. The van der Waals surface area contributed by atoms with Crippen LogP contribution in [-0.2, 0) is 13.5 Å². The second kappa shape index (κ2) is 6.34. The van der Waals surface area contributed by atoms with Gasteiger partial charge in [-0.05, 0) is 25.0 Å². The molecule has 2 rings (SSSR count). The zero-order chi connectivity index (χ0) is 14.5. The third-order valence-corrected chi connectivity index (χ3v) is 3.12. The summed E-state index contributed by atoms with van der Waals surface area (Å²) in [4.78, 5) is 12.2. The van der Waals surface area contributed by atoms with E-state index in [-0.39, 0.29) is 18.6 Å². The predicted octanol–water partition coefficient (Wildman–Crippen LogP) is 1.06. The Kier molecular flexibility index (Phi) is 4.53. The van der Waals surface area contributed by atoms with Crippen molar-refractivity contribution in [3.05, 3.63) is 53.3 Å². The number of carbonyl (C=O) groups is 1. The Labute approximate surface area is 118 Å². The SMILES string of the molecule is Cc1cc(C(=O)N[C@H](CO)Cc2ccccc2)n(C)n1. The van der Waals surface area contributed by atoms with Gasteiger partial charge in [-0.3, -0.25) is 9.48 Å². The number of aliphatic hydroxyl groups is 1. The summed E-state index contributed by atoms with van der Waals surface area (Å²) in [7, 11) is 1.73. The molecule has 0 aliphatic carbocycles. The monoisotopic (exact) mass is 273 g/mol. The molecule has 0 fully saturated rings. The first kappa shape index (κ1) is 14.3. The summed E-state index contributed by atoms with van der Waals surface area (Å²) in [6.45, 7) is 1.74. The molecule has 0 saturated carbocycles. The molecule has 0 unspecified atom stereocenters. The molecule has 2 N–H and O–H groups in total. The number of nitrogens with zero attached hydrogens (tertiary/aromatic N) is 2. The van der Waals surface area contributed by atoms with Gasteiger partial charge in [-0.25, -0.2) is 0 Å². The number of carbonyl (C=O) groups excluding carboxylic acids is 1. The highest BCUT2D eigenvalue weighted by Crippen LogP contribution is 2.06. The van der Waals surface area contributed by atoms with Gasteiger partial charge in [0.15, 0.2) is 0 Å². The van der Waals surface area contributed by atoms with Crippen LogP contribution in [0.5, 0.6) is 0 Å². The van der Waals surface area contributed by atoms with E-state index in [0.717, 1.165) is 11.3 Å². The molecule has 1 amide bonds. The highest BCUT2D eigenvalue weighted by molar-refractivity contribution is 5.92. The highest BCUT2D eigenvalue weighted by atomic mass is 16.3. The number of aryl methyl sites for hydroxylation is 2. The van der Waals surface area contributed by atoms with Crippen molar-refractivity contribution >= 4 is 5.91 Å². The fraction of sp³-hybridized carbons (Fsp3) is 0.333. The Morgan fingerprint density at radius 2 is 2.10 bits per heavy atom. The summed E-state index contributed by atoms with van der Waals surface area (Å²) >= 11 is 0. The first-order valence-corrected chi connectivity index (χ1v) is 6.56. The normalized spacial score (nSPS) is 12.2. The maximum atomic E-state index is 12.2. The van der Waals surface area contributed by atoms with E-state index in [0.29, 0.717) is 12.1 Å². The summed E-state index contributed by atoms with van der Waals surface area (Å²) < 4.78 is 1.54. The second-order valence-corrected chi connectivity index (χ2v) is 4.84. The van der Waals surface area contributed by atoms with Gasteiger partial charge in [-0.15, -0.1) is 0 Å². The van der Waals surface area contributed by atoms with Crippen molar-refractivity contribution in [2.75, 3.05) is 6.61 Å². The number of aromatic nitrogens is 2. The van der Waals surface area contributed by atoms with Gasteiger partial charge < -0.3 is 10.4 Å². The van der Waals surface area contributed by atoms with E-state index in [2.05, 4.69) is 10.4 Å². The zero-order valence-electron chi connectivity index (χ0n) is 11.7. The smallest absolute Gasteiger partial charge is 0.269 e. The number of hydrogen-bond acceptors (Lipinski definition) is 3. The Hall–Kier alpha value is -2.14. The van der Waals surface area contributed by atoms with Crippen molar-refractivity contribution in [1.29, 1.82) is 0 Å². The molecule has 1 heterocycles. The van der Waals surface area contributed by atoms with Gasteiger partial charge in [0, 0.05) is 7.05 Å². The van der Waals surface area contributed by atoms with Crippen molar-refractivity contribution in [2.45, 2.75) is 19.4 Å². The summed E-state index contributed by atoms with van der Waals surface area (Å²) in [6.07, 6.45) is 0.597. The first-order valence-electron chi connectivity index (χ1n) is 6.56. The zero-order valence-corrected chi connectivity index (χ0v) is 11.7. The van der Waals surface area contributed by atoms with E-state index >= 15 is 0 Å². The largest absolute Gasteiger partial charge is 0.394 e. The van der Waals surface area contributed by atoms with Crippen LogP contribution in [0.3, 0.4) is 0 Å². The summed E-state index contributed by atoms with van der Waals surface area (Å²) in [5.74, 6) is -0.219. The van der Waals surface area contributed by atoms with E-state index in [9.17, 15) is 9.90 Å². The maximum Gasteiger partial charge on any atom is 0.269 e. The van der Waals surface area contributed by atoms with Gasteiger partial charge in [0.2, 0.25) is 0 Å². The van der Waals surface area contributed by atoms with Gasteiger partial charge in [0.1, 0.15) is 5.69 Å². The lowest BCUT2D eigenvalue weighted by molar-refractivity contribution is 0.0907. The van der Waals surface area contributed by atoms with Crippen molar-refractivity contribution in [3.8, 4) is 0 Å². The molecule has 0 bridgehead atoms. The Morgan fingerprint density at radius 3 is 2.65 bits per heavy atom. The van der Waals surface area contributed by atoms with E-state index in [1.54, 1.807) is 17.8 Å². The molecule has 5 heteroatoms. The molecular formula is C15H19N3O2. The molecule has 106 valence electrons. The van der Waals surface area contributed by atoms with Crippen LogP contribution in [0, 0.1) is 6.92 Å². The van der Waals surface area contributed by atoms with Crippen LogP contribution in [0.4, 0.5) is 0 Å². The molecule has 0 aliphatic rings. The fourth-order valence-electron chi connectivity index (χ4n) is 2.14. The van der Waals surface area contributed by atoms with Crippen LogP contribution < -0.4 is 5.32 Å². The van der Waals surface area contributed by atoms with Crippen molar-refractivity contribution in [3.63, 3.8) is 0 Å². The molecule has 5 nitrogen and oxygen atoms in total. The molecule has 20 heavy (non-hydrogen) atoms. The third-order valence-electron chi connectivity index (χ3n) is 3.12. The molecule has 2 aromatic rings. The minimum atomic E-state index is -0.305. The third kappa shape index (κ3) is 3.45. The summed E-state index contributed by atoms with van der Waals surface area (Å²) in [5, 5.41) is 16.4. The highest BCUT2D eigenvalue weighted by Gasteiger charge is 2.16. The number of hydrogen-bond donors (Lipinski definition) is 2. The number of rotatable bonds is 5. The van der Waals surface area contributed by atoms with Gasteiger partial charge in [0.05, 0.1) is 18.3 Å². The molecule has 0 aliphatic heterocycles. The topological polar surface area (TPSA) is 67.2 Å². The first-order chi connectivity index (χ1) is 9.60. The molecule has 0 saturated heterocycles. The van der Waals surface area contributed by atoms with E-state index in [4.69, 9.17) is 0 Å². The molecule has 1 aromatic carbocycles. The standard InChI is InChI=1S/C15H19N3O2/c1-11-8-14(18(2)17-11)15(20)16-13(10-19)9-12-6-4-3-5-7-12/h3-8,13,19H,9-10H2,1-2H3,(H,16,20)/t13-/m0/s1. The lowest BCUT2D eigenvalue weighted by Gasteiger charge is -2.16. The second-order valence-electron chi connectivity index (χ2n) is 4.84. The average molecular weight is 273 g/mol. The van der Waals surface area contributed by atoms with Gasteiger partial charge in [-0.2, -0.15) is 5.10 Å². The number of amides is 1. The fourth-order valence-corrected chi connectivity index (χ4v) is 2.14. The molecule has 0 spiro atoms.